The number of nitrogens with zero attached hydrogens (tertiary/aromatic N) is 2. The van der Waals surface area contributed by atoms with Crippen LogP contribution < -0.4 is 0 Å². The van der Waals surface area contributed by atoms with Crippen LogP contribution in [0.4, 0.5) is 0 Å². The van der Waals surface area contributed by atoms with Gasteiger partial charge in [0.05, 0.1) is 4.47 Å². The van der Waals surface area contributed by atoms with Crippen LogP contribution in [0.1, 0.15) is 19.8 Å². The second-order valence-electron chi connectivity index (χ2n) is 7.02. The molecule has 0 spiro atoms. The Bertz CT molecular complexity index is 639. The molecule has 0 aromatic carbocycles. The van der Waals surface area contributed by atoms with Crippen molar-refractivity contribution < 1.29 is 4.74 Å². The lowest BCUT2D eigenvalue weighted by Gasteiger charge is -2.15. The fraction of sp³-hybridized carbons (Fsp3) is 0.588. The molecule has 0 atom stereocenters. The zero-order chi connectivity index (χ0) is 16.9. The van der Waals surface area contributed by atoms with Crippen LogP contribution in [0.5, 0.6) is 0 Å². The lowest BCUT2D eigenvalue weighted by Crippen LogP contribution is -2.22. The van der Waals surface area contributed by atoms with Crippen LogP contribution in [0.2, 0.25) is 25.7 Å². The lowest BCUT2D eigenvalue weighted by atomic mass is 10.3. The number of halogens is 1. The second kappa shape index (κ2) is 8.69. The molecular formula is C17H27BrN2OSSi. The molecule has 2 aromatic rings. The van der Waals surface area contributed by atoms with Crippen LogP contribution in [-0.4, -0.2) is 30.0 Å². The maximum atomic E-state index is 5.87. The SMILES string of the molecule is CCCCSc1nc2c(ccn2COCC[Si](C)(C)C)cc1Br. The molecule has 0 aliphatic rings. The molecule has 2 rings (SSSR count). The summed E-state index contributed by atoms with van der Waals surface area (Å²) in [5.41, 5.74) is 1.01. The van der Waals surface area contributed by atoms with E-state index in [9.17, 15) is 0 Å². The molecule has 128 valence electrons. The maximum absolute atomic E-state index is 5.87. The number of hydrogen-bond donors (Lipinski definition) is 0. The van der Waals surface area contributed by atoms with Gasteiger partial charge in [0.25, 0.3) is 0 Å². The van der Waals surface area contributed by atoms with Gasteiger partial charge in [-0.05, 0) is 46.3 Å². The largest absolute Gasteiger partial charge is 0.361 e. The van der Waals surface area contributed by atoms with Crippen LogP contribution in [-0.2, 0) is 11.5 Å². The number of thioether (sulfide) groups is 1. The first-order valence-corrected chi connectivity index (χ1v) is 13.8. The van der Waals surface area contributed by atoms with Gasteiger partial charge >= 0.3 is 0 Å². The molecule has 0 saturated heterocycles. The van der Waals surface area contributed by atoms with Gasteiger partial charge < -0.3 is 9.30 Å². The van der Waals surface area contributed by atoms with Crippen LogP contribution in [0.25, 0.3) is 11.0 Å². The Morgan fingerprint density at radius 3 is 2.83 bits per heavy atom. The Kier molecular flexibility index (Phi) is 7.19. The fourth-order valence-corrected chi connectivity index (χ4v) is 4.54. The van der Waals surface area contributed by atoms with Gasteiger partial charge in [-0.3, -0.25) is 0 Å². The van der Waals surface area contributed by atoms with Crippen molar-refractivity contribution in [1.29, 1.82) is 0 Å². The standard InChI is InChI=1S/C17H27BrN2OSSi/c1-5-6-10-22-17-15(18)12-14-7-8-20(16(14)19-17)13-21-9-11-23(2,3)4/h7-8,12H,5-6,9-11,13H2,1-4H3. The Labute approximate surface area is 153 Å². The predicted octanol–water partition coefficient (Wildman–Crippen LogP) is 6.00. The van der Waals surface area contributed by atoms with Gasteiger partial charge in [0.1, 0.15) is 17.4 Å². The Balaban J connectivity index is 2.04. The number of pyridine rings is 1. The van der Waals surface area contributed by atoms with Crippen LogP contribution >= 0.6 is 27.7 Å². The number of ether oxygens (including phenoxy) is 1. The molecule has 0 radical (unpaired) electrons. The minimum absolute atomic E-state index is 0.585. The zero-order valence-electron chi connectivity index (χ0n) is 14.6. The molecule has 6 heteroatoms. The van der Waals surface area contributed by atoms with E-state index in [4.69, 9.17) is 9.72 Å². The van der Waals surface area contributed by atoms with E-state index < -0.39 is 8.07 Å². The summed E-state index contributed by atoms with van der Waals surface area (Å²) in [6, 6.07) is 5.47. The maximum Gasteiger partial charge on any atom is 0.143 e. The van der Waals surface area contributed by atoms with E-state index >= 15 is 0 Å². The third kappa shape index (κ3) is 5.92. The summed E-state index contributed by atoms with van der Waals surface area (Å²) in [7, 11) is -1.03. The number of rotatable bonds is 9. The summed E-state index contributed by atoms with van der Waals surface area (Å²) in [5, 5.41) is 2.23. The smallest absolute Gasteiger partial charge is 0.143 e. The molecule has 0 fully saturated rings. The Morgan fingerprint density at radius 2 is 2.13 bits per heavy atom. The van der Waals surface area contributed by atoms with Crippen molar-refractivity contribution in [3.8, 4) is 0 Å². The first-order valence-electron chi connectivity index (χ1n) is 8.26. The summed E-state index contributed by atoms with van der Waals surface area (Å²) in [4.78, 5) is 4.84. The molecule has 0 aliphatic heterocycles. The molecule has 3 nitrogen and oxygen atoms in total. The highest BCUT2D eigenvalue weighted by Gasteiger charge is 2.13. The van der Waals surface area contributed by atoms with Gasteiger partial charge in [-0.25, -0.2) is 4.98 Å². The van der Waals surface area contributed by atoms with Crippen molar-refractivity contribution in [1.82, 2.24) is 9.55 Å². The molecule has 23 heavy (non-hydrogen) atoms. The summed E-state index contributed by atoms with van der Waals surface area (Å²) in [6.45, 7) is 10.8. The number of fused-ring (bicyclic) bond motifs is 1. The van der Waals surface area contributed by atoms with Crippen LogP contribution in [0.3, 0.4) is 0 Å². The van der Waals surface area contributed by atoms with Crippen molar-refractivity contribution in [2.24, 2.45) is 0 Å². The number of unbranched alkanes of at least 4 members (excludes halogenated alkanes) is 1. The molecule has 0 aliphatic carbocycles. The van der Waals surface area contributed by atoms with E-state index in [2.05, 4.69) is 65.4 Å². The zero-order valence-corrected chi connectivity index (χ0v) is 18.0. The summed E-state index contributed by atoms with van der Waals surface area (Å²) in [6.07, 6.45) is 4.50. The van der Waals surface area contributed by atoms with Crippen molar-refractivity contribution in [3.05, 3.63) is 22.8 Å². The van der Waals surface area contributed by atoms with E-state index in [1.807, 2.05) is 11.8 Å². The van der Waals surface area contributed by atoms with E-state index in [-0.39, 0.29) is 0 Å². The highest BCUT2D eigenvalue weighted by Crippen LogP contribution is 2.30. The van der Waals surface area contributed by atoms with Gasteiger partial charge in [-0.15, -0.1) is 11.8 Å². The van der Waals surface area contributed by atoms with Crippen molar-refractivity contribution in [2.45, 2.75) is 57.2 Å². The van der Waals surface area contributed by atoms with E-state index in [1.54, 1.807) is 0 Å². The first-order chi connectivity index (χ1) is 10.9. The van der Waals surface area contributed by atoms with Crippen molar-refractivity contribution in [3.63, 3.8) is 0 Å². The van der Waals surface area contributed by atoms with Gasteiger partial charge in [0.2, 0.25) is 0 Å². The van der Waals surface area contributed by atoms with Gasteiger partial charge in [-0.1, -0.05) is 33.0 Å². The minimum Gasteiger partial charge on any atom is -0.361 e. The molecule has 0 saturated carbocycles. The molecule has 0 unspecified atom stereocenters. The fourth-order valence-electron chi connectivity index (χ4n) is 2.13. The number of aromatic nitrogens is 2. The number of hydrogen-bond acceptors (Lipinski definition) is 3. The van der Waals surface area contributed by atoms with Gasteiger partial charge in [-0.2, -0.15) is 0 Å². The van der Waals surface area contributed by atoms with E-state index in [0.717, 1.165) is 32.9 Å². The molecule has 0 amide bonds. The average Bonchev–Trinajstić information content (AvgIpc) is 2.85. The molecular weight excluding hydrogens is 388 g/mol. The molecule has 0 bridgehead atoms. The van der Waals surface area contributed by atoms with Gasteiger partial charge in [0.15, 0.2) is 0 Å². The lowest BCUT2D eigenvalue weighted by molar-refractivity contribution is 0.0898. The minimum atomic E-state index is -1.03. The topological polar surface area (TPSA) is 27.1 Å². The molecule has 0 N–H and O–H groups in total. The Hall–Kier alpha value is -0.303. The average molecular weight is 415 g/mol. The summed E-state index contributed by atoms with van der Waals surface area (Å²) in [5.74, 6) is 1.11. The highest BCUT2D eigenvalue weighted by atomic mass is 79.9. The van der Waals surface area contributed by atoms with E-state index in [0.29, 0.717) is 6.73 Å². The normalized spacial score (nSPS) is 12.2. The van der Waals surface area contributed by atoms with Gasteiger partial charge in [0, 0.05) is 26.3 Å². The molecule has 2 heterocycles. The Morgan fingerprint density at radius 1 is 1.35 bits per heavy atom. The first kappa shape index (κ1) is 19.0. The highest BCUT2D eigenvalue weighted by molar-refractivity contribution is 9.10. The third-order valence-electron chi connectivity index (χ3n) is 3.62. The van der Waals surface area contributed by atoms with Crippen LogP contribution in [0.15, 0.2) is 27.8 Å². The molecule has 2 aromatic heterocycles. The predicted molar refractivity (Wildman–Crippen MR) is 107 cm³/mol. The monoisotopic (exact) mass is 414 g/mol. The summed E-state index contributed by atoms with van der Waals surface area (Å²) >= 11 is 5.47. The van der Waals surface area contributed by atoms with Crippen LogP contribution in [0, 0.1) is 0 Å². The summed E-state index contributed by atoms with van der Waals surface area (Å²) < 4.78 is 9.06. The van der Waals surface area contributed by atoms with Crippen molar-refractivity contribution in [2.75, 3.05) is 12.4 Å². The quantitative estimate of drug-likeness (QED) is 0.285. The third-order valence-corrected chi connectivity index (χ3v) is 7.27. The second-order valence-corrected chi connectivity index (χ2v) is 14.6. The van der Waals surface area contributed by atoms with Crippen molar-refractivity contribution >= 4 is 46.8 Å². The van der Waals surface area contributed by atoms with E-state index in [1.165, 1.54) is 18.9 Å².